The largest absolute Gasteiger partial charge is 0.387 e. The van der Waals surface area contributed by atoms with Gasteiger partial charge in [-0.25, -0.2) is 8.78 Å². The van der Waals surface area contributed by atoms with Crippen LogP contribution in [0.15, 0.2) is 18.2 Å². The molecule has 2 nitrogen and oxygen atoms in total. The fourth-order valence-electron chi connectivity index (χ4n) is 1.52. The molecule has 4 heteroatoms. The van der Waals surface area contributed by atoms with E-state index in [0.29, 0.717) is 5.56 Å². The van der Waals surface area contributed by atoms with Crippen molar-refractivity contribution in [3.63, 3.8) is 0 Å². The highest BCUT2D eigenvalue weighted by molar-refractivity contribution is 5.20. The third-order valence-corrected chi connectivity index (χ3v) is 2.71. The molecule has 0 radical (unpaired) electrons. The second kappa shape index (κ2) is 4.89. The van der Waals surface area contributed by atoms with E-state index in [1.54, 1.807) is 13.8 Å². The van der Waals surface area contributed by atoms with Crippen molar-refractivity contribution in [2.75, 3.05) is 7.11 Å². The van der Waals surface area contributed by atoms with Crippen molar-refractivity contribution >= 4 is 0 Å². The Bertz CT molecular complexity index is 344. The molecule has 0 saturated heterocycles. The van der Waals surface area contributed by atoms with E-state index in [0.717, 1.165) is 6.07 Å². The second-order valence-corrected chi connectivity index (χ2v) is 4.19. The third kappa shape index (κ3) is 3.25. The van der Waals surface area contributed by atoms with Crippen LogP contribution < -0.4 is 0 Å². The van der Waals surface area contributed by atoms with Crippen molar-refractivity contribution in [3.05, 3.63) is 35.4 Å². The minimum Gasteiger partial charge on any atom is -0.387 e. The predicted molar refractivity (Wildman–Crippen MR) is 57.2 cm³/mol. The first-order valence-corrected chi connectivity index (χ1v) is 5.05. The second-order valence-electron chi connectivity index (χ2n) is 4.19. The van der Waals surface area contributed by atoms with Crippen LogP contribution in [0.4, 0.5) is 8.78 Å². The zero-order chi connectivity index (χ0) is 12.3. The van der Waals surface area contributed by atoms with Gasteiger partial charge in [-0.15, -0.1) is 0 Å². The SMILES string of the molecule is COC(C)C(C)(O)Cc1cc(F)cc(F)c1. The topological polar surface area (TPSA) is 29.5 Å². The maximum atomic E-state index is 12.9. The van der Waals surface area contributed by atoms with Crippen molar-refractivity contribution in [3.8, 4) is 0 Å². The summed E-state index contributed by atoms with van der Waals surface area (Å²) >= 11 is 0. The Labute approximate surface area is 93.9 Å². The number of hydrogen-bond donors (Lipinski definition) is 1. The van der Waals surface area contributed by atoms with Crippen molar-refractivity contribution in [2.45, 2.75) is 32.0 Å². The first kappa shape index (κ1) is 13.1. The van der Waals surface area contributed by atoms with Crippen molar-refractivity contribution < 1.29 is 18.6 Å². The van der Waals surface area contributed by atoms with Crippen LogP contribution in [0.5, 0.6) is 0 Å². The fraction of sp³-hybridized carbons (Fsp3) is 0.500. The monoisotopic (exact) mass is 230 g/mol. The molecule has 0 aromatic heterocycles. The van der Waals surface area contributed by atoms with Crippen LogP contribution in [0.1, 0.15) is 19.4 Å². The summed E-state index contributed by atoms with van der Waals surface area (Å²) in [5, 5.41) is 10.0. The number of methoxy groups -OCH3 is 1. The maximum absolute atomic E-state index is 12.9. The smallest absolute Gasteiger partial charge is 0.126 e. The fourth-order valence-corrected chi connectivity index (χ4v) is 1.52. The molecule has 0 amide bonds. The lowest BCUT2D eigenvalue weighted by Crippen LogP contribution is -2.40. The molecule has 1 aromatic carbocycles. The number of halogens is 2. The minimum absolute atomic E-state index is 0.136. The predicted octanol–water partition coefficient (Wildman–Crippen LogP) is 2.29. The molecular weight excluding hydrogens is 214 g/mol. The number of ether oxygens (including phenoxy) is 1. The van der Waals surface area contributed by atoms with E-state index in [2.05, 4.69) is 0 Å². The van der Waals surface area contributed by atoms with Crippen LogP contribution in [0.25, 0.3) is 0 Å². The van der Waals surface area contributed by atoms with Crippen molar-refractivity contribution in [1.82, 2.24) is 0 Å². The van der Waals surface area contributed by atoms with Gasteiger partial charge in [0.05, 0.1) is 11.7 Å². The van der Waals surface area contributed by atoms with Crippen LogP contribution >= 0.6 is 0 Å². The van der Waals surface area contributed by atoms with E-state index < -0.39 is 23.3 Å². The average Bonchev–Trinajstić information content (AvgIpc) is 2.13. The maximum Gasteiger partial charge on any atom is 0.126 e. The molecule has 0 saturated carbocycles. The molecule has 1 rings (SSSR count). The highest BCUT2D eigenvalue weighted by Gasteiger charge is 2.28. The molecular formula is C12H16F2O2. The molecule has 0 aliphatic carbocycles. The Morgan fingerprint density at radius 1 is 1.31 bits per heavy atom. The molecule has 1 N–H and O–H groups in total. The third-order valence-electron chi connectivity index (χ3n) is 2.71. The lowest BCUT2D eigenvalue weighted by atomic mass is 9.91. The van der Waals surface area contributed by atoms with E-state index in [9.17, 15) is 13.9 Å². The minimum atomic E-state index is -1.16. The quantitative estimate of drug-likeness (QED) is 0.860. The molecule has 2 unspecified atom stereocenters. The molecule has 0 spiro atoms. The summed E-state index contributed by atoms with van der Waals surface area (Å²) in [6.45, 7) is 3.28. The van der Waals surface area contributed by atoms with E-state index in [1.807, 2.05) is 0 Å². The Morgan fingerprint density at radius 3 is 2.25 bits per heavy atom. The highest BCUT2D eigenvalue weighted by atomic mass is 19.1. The van der Waals surface area contributed by atoms with Crippen molar-refractivity contribution in [1.29, 1.82) is 0 Å². The molecule has 2 atom stereocenters. The Hall–Kier alpha value is -1.00. The molecule has 0 bridgehead atoms. The molecule has 1 aromatic rings. The molecule has 90 valence electrons. The Kier molecular flexibility index (Phi) is 3.99. The van der Waals surface area contributed by atoms with Crippen LogP contribution in [0.2, 0.25) is 0 Å². The first-order valence-electron chi connectivity index (χ1n) is 5.05. The molecule has 0 fully saturated rings. The van der Waals surface area contributed by atoms with Crippen LogP contribution in [0.3, 0.4) is 0 Å². The summed E-state index contributed by atoms with van der Waals surface area (Å²) in [5.41, 5.74) is -0.749. The molecule has 0 heterocycles. The summed E-state index contributed by atoms with van der Waals surface area (Å²) < 4.78 is 30.9. The van der Waals surface area contributed by atoms with Gasteiger partial charge in [0, 0.05) is 19.6 Å². The zero-order valence-electron chi connectivity index (χ0n) is 9.63. The van der Waals surface area contributed by atoms with Gasteiger partial charge in [-0.1, -0.05) is 0 Å². The normalized spacial score (nSPS) is 16.9. The Balaban J connectivity index is 2.87. The zero-order valence-corrected chi connectivity index (χ0v) is 9.63. The van der Waals surface area contributed by atoms with Gasteiger partial charge in [0.15, 0.2) is 0 Å². The van der Waals surface area contributed by atoms with Gasteiger partial charge >= 0.3 is 0 Å². The van der Waals surface area contributed by atoms with Crippen LogP contribution in [-0.4, -0.2) is 23.9 Å². The molecule has 0 aliphatic rings. The average molecular weight is 230 g/mol. The van der Waals surface area contributed by atoms with E-state index in [1.165, 1.54) is 19.2 Å². The summed E-state index contributed by atoms with van der Waals surface area (Å²) in [4.78, 5) is 0. The number of benzene rings is 1. The van der Waals surface area contributed by atoms with Gasteiger partial charge in [-0.3, -0.25) is 0 Å². The van der Waals surface area contributed by atoms with Gasteiger partial charge in [0.25, 0.3) is 0 Å². The lowest BCUT2D eigenvalue weighted by molar-refractivity contribution is -0.0716. The molecule has 16 heavy (non-hydrogen) atoms. The van der Waals surface area contributed by atoms with E-state index in [-0.39, 0.29) is 6.42 Å². The standard InChI is InChI=1S/C12H16F2O2/c1-8(16-3)12(2,15)7-9-4-10(13)6-11(14)5-9/h4-6,8,15H,7H2,1-3H3. The van der Waals surface area contributed by atoms with Gasteiger partial charge in [-0.2, -0.15) is 0 Å². The summed E-state index contributed by atoms with van der Waals surface area (Å²) in [6, 6.07) is 3.22. The number of rotatable bonds is 4. The molecule has 0 aliphatic heterocycles. The number of hydrogen-bond acceptors (Lipinski definition) is 2. The van der Waals surface area contributed by atoms with Gasteiger partial charge in [0.2, 0.25) is 0 Å². The van der Waals surface area contributed by atoms with E-state index in [4.69, 9.17) is 4.74 Å². The lowest BCUT2D eigenvalue weighted by Gasteiger charge is -2.29. The summed E-state index contributed by atoms with van der Waals surface area (Å²) in [6.07, 6.45) is -0.282. The van der Waals surface area contributed by atoms with Gasteiger partial charge in [0.1, 0.15) is 11.6 Å². The first-order chi connectivity index (χ1) is 7.35. The summed E-state index contributed by atoms with van der Waals surface area (Å²) in [7, 11) is 1.48. The van der Waals surface area contributed by atoms with Gasteiger partial charge in [-0.05, 0) is 31.5 Å². The van der Waals surface area contributed by atoms with Gasteiger partial charge < -0.3 is 9.84 Å². The number of aliphatic hydroxyl groups is 1. The summed E-state index contributed by atoms with van der Waals surface area (Å²) in [5.74, 6) is -1.29. The highest BCUT2D eigenvalue weighted by Crippen LogP contribution is 2.20. The van der Waals surface area contributed by atoms with Crippen LogP contribution in [0, 0.1) is 11.6 Å². The Morgan fingerprint density at radius 2 is 1.81 bits per heavy atom. The van der Waals surface area contributed by atoms with Crippen molar-refractivity contribution in [2.24, 2.45) is 0 Å². The van der Waals surface area contributed by atoms with E-state index >= 15 is 0 Å². The van der Waals surface area contributed by atoms with Crippen LogP contribution in [-0.2, 0) is 11.2 Å².